The molecular formula is C18H22N4O. The molecule has 0 spiro atoms. The number of benzene rings is 1. The Morgan fingerprint density at radius 1 is 1.22 bits per heavy atom. The van der Waals surface area contributed by atoms with Crippen LogP contribution >= 0.6 is 0 Å². The van der Waals surface area contributed by atoms with Gasteiger partial charge in [0.1, 0.15) is 5.82 Å². The number of hydrogen-bond donors (Lipinski definition) is 1. The standard InChI is InChI=1S/C18H22N4O/c1-4-10-23-18(2,3)14-7-5-6-13(11-14)15-12-17-20-9-8-16(19)22(17)21-15/h5-9,11-12H,4,10,19H2,1-3H3. The van der Waals surface area contributed by atoms with Gasteiger partial charge in [-0.3, -0.25) is 0 Å². The van der Waals surface area contributed by atoms with E-state index in [2.05, 4.69) is 43.0 Å². The molecular weight excluding hydrogens is 288 g/mol. The van der Waals surface area contributed by atoms with Crippen molar-refractivity contribution in [2.75, 3.05) is 12.3 Å². The third kappa shape index (κ3) is 3.05. The molecule has 0 fully saturated rings. The van der Waals surface area contributed by atoms with Crippen molar-refractivity contribution in [2.45, 2.75) is 32.8 Å². The molecule has 2 N–H and O–H groups in total. The van der Waals surface area contributed by atoms with E-state index >= 15 is 0 Å². The summed E-state index contributed by atoms with van der Waals surface area (Å²) in [5, 5.41) is 4.56. The van der Waals surface area contributed by atoms with E-state index in [9.17, 15) is 0 Å². The predicted molar refractivity (Wildman–Crippen MR) is 92.1 cm³/mol. The van der Waals surface area contributed by atoms with E-state index < -0.39 is 0 Å². The molecule has 2 aromatic heterocycles. The zero-order valence-electron chi connectivity index (χ0n) is 13.8. The Labute approximate surface area is 136 Å². The van der Waals surface area contributed by atoms with Crippen LogP contribution in [0.15, 0.2) is 42.6 Å². The van der Waals surface area contributed by atoms with Crippen LogP contribution in [0.4, 0.5) is 5.82 Å². The lowest BCUT2D eigenvalue weighted by Gasteiger charge is -2.26. The van der Waals surface area contributed by atoms with E-state index in [0.29, 0.717) is 5.82 Å². The molecule has 120 valence electrons. The van der Waals surface area contributed by atoms with Crippen molar-refractivity contribution < 1.29 is 4.74 Å². The highest BCUT2D eigenvalue weighted by Crippen LogP contribution is 2.29. The summed E-state index contributed by atoms with van der Waals surface area (Å²) in [7, 11) is 0. The number of anilines is 1. The molecule has 0 unspecified atom stereocenters. The van der Waals surface area contributed by atoms with Crippen LogP contribution in [0.3, 0.4) is 0 Å². The topological polar surface area (TPSA) is 65.4 Å². The van der Waals surface area contributed by atoms with Gasteiger partial charge >= 0.3 is 0 Å². The average molecular weight is 310 g/mol. The number of nitrogen functional groups attached to an aromatic ring is 1. The van der Waals surface area contributed by atoms with Gasteiger partial charge in [0, 0.05) is 24.4 Å². The highest BCUT2D eigenvalue weighted by atomic mass is 16.5. The molecule has 0 aliphatic carbocycles. The van der Waals surface area contributed by atoms with Gasteiger partial charge in [-0.15, -0.1) is 0 Å². The molecule has 23 heavy (non-hydrogen) atoms. The minimum Gasteiger partial charge on any atom is -0.384 e. The summed E-state index contributed by atoms with van der Waals surface area (Å²) >= 11 is 0. The fourth-order valence-corrected chi connectivity index (χ4v) is 2.55. The molecule has 3 aromatic rings. The van der Waals surface area contributed by atoms with Gasteiger partial charge in [0.05, 0.1) is 11.3 Å². The van der Waals surface area contributed by atoms with Gasteiger partial charge in [-0.2, -0.15) is 9.61 Å². The maximum atomic E-state index is 5.98. The number of rotatable bonds is 5. The molecule has 0 aliphatic rings. The number of fused-ring (bicyclic) bond motifs is 1. The number of nitrogens with two attached hydrogens (primary N) is 1. The molecule has 0 bridgehead atoms. The molecule has 5 nitrogen and oxygen atoms in total. The summed E-state index contributed by atoms with van der Waals surface area (Å²) in [6.45, 7) is 7.03. The molecule has 3 rings (SSSR count). The van der Waals surface area contributed by atoms with Gasteiger partial charge in [0.25, 0.3) is 0 Å². The molecule has 2 heterocycles. The van der Waals surface area contributed by atoms with Crippen LogP contribution in [0.1, 0.15) is 32.8 Å². The van der Waals surface area contributed by atoms with Crippen LogP contribution in [-0.2, 0) is 10.3 Å². The van der Waals surface area contributed by atoms with E-state index in [1.807, 2.05) is 18.2 Å². The lowest BCUT2D eigenvalue weighted by molar-refractivity contribution is -0.0212. The Morgan fingerprint density at radius 3 is 2.78 bits per heavy atom. The van der Waals surface area contributed by atoms with Gasteiger partial charge in [0.2, 0.25) is 0 Å². The van der Waals surface area contributed by atoms with E-state index in [4.69, 9.17) is 10.5 Å². The predicted octanol–water partition coefficient (Wildman–Crippen LogP) is 3.64. The Morgan fingerprint density at radius 2 is 2.04 bits per heavy atom. The lowest BCUT2D eigenvalue weighted by Crippen LogP contribution is -2.22. The third-order valence-electron chi connectivity index (χ3n) is 3.91. The number of nitrogens with zero attached hydrogens (tertiary/aromatic N) is 3. The van der Waals surface area contributed by atoms with Crippen molar-refractivity contribution in [2.24, 2.45) is 0 Å². The van der Waals surface area contributed by atoms with E-state index in [0.717, 1.165) is 35.5 Å². The molecule has 0 aliphatic heterocycles. The van der Waals surface area contributed by atoms with E-state index in [1.54, 1.807) is 16.8 Å². The van der Waals surface area contributed by atoms with Crippen LogP contribution in [0, 0.1) is 0 Å². The summed E-state index contributed by atoms with van der Waals surface area (Å²) in [6, 6.07) is 12.0. The van der Waals surface area contributed by atoms with Crippen molar-refractivity contribution in [1.82, 2.24) is 14.6 Å². The summed E-state index contributed by atoms with van der Waals surface area (Å²) in [6.07, 6.45) is 2.69. The monoisotopic (exact) mass is 310 g/mol. The van der Waals surface area contributed by atoms with Gasteiger partial charge in [-0.25, -0.2) is 4.98 Å². The molecule has 0 amide bonds. The van der Waals surface area contributed by atoms with Gasteiger partial charge in [-0.05, 0) is 38.0 Å². The van der Waals surface area contributed by atoms with Crippen LogP contribution < -0.4 is 5.73 Å². The Hall–Kier alpha value is -2.40. The summed E-state index contributed by atoms with van der Waals surface area (Å²) < 4.78 is 7.63. The van der Waals surface area contributed by atoms with Gasteiger partial charge in [-0.1, -0.05) is 25.1 Å². The van der Waals surface area contributed by atoms with Crippen molar-refractivity contribution in [3.63, 3.8) is 0 Å². The van der Waals surface area contributed by atoms with Gasteiger partial charge in [0.15, 0.2) is 5.65 Å². The van der Waals surface area contributed by atoms with Crippen molar-refractivity contribution in [3.8, 4) is 11.3 Å². The molecule has 1 aromatic carbocycles. The molecule has 0 saturated heterocycles. The highest BCUT2D eigenvalue weighted by Gasteiger charge is 2.21. The first kappa shape index (κ1) is 15.5. The molecule has 0 saturated carbocycles. The van der Waals surface area contributed by atoms with Crippen LogP contribution in [-0.4, -0.2) is 21.2 Å². The smallest absolute Gasteiger partial charge is 0.157 e. The minimum atomic E-state index is -0.331. The second-order valence-corrected chi connectivity index (χ2v) is 6.11. The van der Waals surface area contributed by atoms with Gasteiger partial charge < -0.3 is 10.5 Å². The second-order valence-electron chi connectivity index (χ2n) is 6.11. The van der Waals surface area contributed by atoms with Crippen LogP contribution in [0.2, 0.25) is 0 Å². The highest BCUT2D eigenvalue weighted by molar-refractivity contribution is 5.66. The SMILES string of the molecule is CCCOC(C)(C)c1cccc(-c2cc3nccc(N)n3n2)c1. The Balaban J connectivity index is 1.99. The molecule has 0 atom stereocenters. The maximum Gasteiger partial charge on any atom is 0.157 e. The van der Waals surface area contributed by atoms with Crippen molar-refractivity contribution in [1.29, 1.82) is 0 Å². The largest absolute Gasteiger partial charge is 0.384 e. The zero-order valence-corrected chi connectivity index (χ0v) is 13.8. The van der Waals surface area contributed by atoms with Crippen molar-refractivity contribution in [3.05, 3.63) is 48.2 Å². The molecule has 5 heteroatoms. The normalized spacial score (nSPS) is 12.0. The average Bonchev–Trinajstić information content (AvgIpc) is 2.99. The maximum absolute atomic E-state index is 5.98. The number of ether oxygens (including phenoxy) is 1. The van der Waals surface area contributed by atoms with E-state index in [-0.39, 0.29) is 5.60 Å². The number of aromatic nitrogens is 3. The first-order valence-electron chi connectivity index (χ1n) is 7.86. The summed E-state index contributed by atoms with van der Waals surface area (Å²) in [5.74, 6) is 0.573. The molecule has 0 radical (unpaired) electrons. The quantitative estimate of drug-likeness (QED) is 0.781. The Kier molecular flexibility index (Phi) is 4.05. The van der Waals surface area contributed by atoms with Crippen LogP contribution in [0.25, 0.3) is 16.9 Å². The van der Waals surface area contributed by atoms with E-state index in [1.165, 1.54) is 0 Å². The zero-order chi connectivity index (χ0) is 16.4. The van der Waals surface area contributed by atoms with Crippen LogP contribution in [0.5, 0.6) is 0 Å². The summed E-state index contributed by atoms with van der Waals surface area (Å²) in [5.41, 5.74) is 9.36. The van der Waals surface area contributed by atoms with Crippen molar-refractivity contribution >= 4 is 11.5 Å². The first-order valence-corrected chi connectivity index (χ1v) is 7.86. The Bertz CT molecular complexity index is 823. The first-order chi connectivity index (χ1) is 11.0. The third-order valence-corrected chi connectivity index (χ3v) is 3.91. The fraction of sp³-hybridized carbons (Fsp3) is 0.333. The lowest BCUT2D eigenvalue weighted by atomic mass is 9.95. The summed E-state index contributed by atoms with van der Waals surface area (Å²) in [4.78, 5) is 4.30. The fourth-order valence-electron chi connectivity index (χ4n) is 2.55. The second kappa shape index (κ2) is 6.01. The minimum absolute atomic E-state index is 0.331. The number of hydrogen-bond acceptors (Lipinski definition) is 4.